The van der Waals surface area contributed by atoms with Crippen LogP contribution in [0.15, 0.2) is 4.42 Å². The number of nitrogens with one attached hydrogen (secondary N) is 1. The summed E-state index contributed by atoms with van der Waals surface area (Å²) >= 11 is 0. The number of hydrogen-bond donors (Lipinski definition) is 2. The molecule has 0 aromatic carbocycles. The highest BCUT2D eigenvalue weighted by molar-refractivity contribution is 5.19. The van der Waals surface area contributed by atoms with Gasteiger partial charge in [-0.15, -0.1) is 5.10 Å². The fraction of sp³-hybridized carbons (Fsp3) is 0.800. The molecule has 5 heteroatoms. The lowest BCUT2D eigenvalue weighted by Gasteiger charge is -2.18. The Labute approximate surface area is 89.4 Å². The van der Waals surface area contributed by atoms with Gasteiger partial charge in [0.2, 0.25) is 5.89 Å². The number of nitrogens with two attached hydrogens (primary N) is 1. The van der Waals surface area contributed by atoms with Crippen LogP contribution in [-0.2, 0) is 6.54 Å². The van der Waals surface area contributed by atoms with Crippen molar-refractivity contribution in [1.29, 1.82) is 0 Å². The van der Waals surface area contributed by atoms with Crippen LogP contribution >= 0.6 is 0 Å². The van der Waals surface area contributed by atoms with Gasteiger partial charge in [-0.1, -0.05) is 17.9 Å². The van der Waals surface area contributed by atoms with Gasteiger partial charge in [0.05, 0.1) is 6.54 Å². The molecule has 1 aliphatic carbocycles. The summed E-state index contributed by atoms with van der Waals surface area (Å²) in [5.41, 5.74) is 5.39. The standard InChI is InChI=1S/C10H18N4O/c1-7(8-4-2-3-5-8)12-10-14-13-9(6-11)15-10/h7-8H,2-6,11H2,1H3,(H,12,14). The molecule has 1 unspecified atom stereocenters. The summed E-state index contributed by atoms with van der Waals surface area (Å²) in [6.45, 7) is 2.47. The lowest BCUT2D eigenvalue weighted by molar-refractivity contribution is 0.453. The minimum atomic E-state index is 0.298. The predicted molar refractivity (Wildman–Crippen MR) is 57.2 cm³/mol. The highest BCUT2D eigenvalue weighted by Crippen LogP contribution is 2.28. The summed E-state index contributed by atoms with van der Waals surface area (Å²) in [5.74, 6) is 1.22. The van der Waals surface area contributed by atoms with E-state index in [1.54, 1.807) is 0 Å². The van der Waals surface area contributed by atoms with Gasteiger partial charge in [-0.25, -0.2) is 0 Å². The first-order valence-electron chi connectivity index (χ1n) is 5.58. The van der Waals surface area contributed by atoms with Crippen molar-refractivity contribution in [3.8, 4) is 0 Å². The van der Waals surface area contributed by atoms with Crippen LogP contribution in [0, 0.1) is 5.92 Å². The van der Waals surface area contributed by atoms with Crippen LogP contribution in [0.3, 0.4) is 0 Å². The molecule has 2 rings (SSSR count). The van der Waals surface area contributed by atoms with E-state index in [0.717, 1.165) is 5.92 Å². The number of aromatic nitrogens is 2. The topological polar surface area (TPSA) is 77.0 Å². The highest BCUT2D eigenvalue weighted by atomic mass is 16.4. The maximum absolute atomic E-state index is 5.39. The van der Waals surface area contributed by atoms with Crippen molar-refractivity contribution in [3.05, 3.63) is 5.89 Å². The normalized spacial score (nSPS) is 19.3. The van der Waals surface area contributed by atoms with Crippen molar-refractivity contribution in [2.45, 2.75) is 45.2 Å². The molecule has 1 atom stereocenters. The molecule has 1 aliphatic rings. The first-order valence-corrected chi connectivity index (χ1v) is 5.58. The van der Waals surface area contributed by atoms with E-state index in [9.17, 15) is 0 Å². The molecule has 15 heavy (non-hydrogen) atoms. The SMILES string of the molecule is CC(Nc1nnc(CN)o1)C1CCCC1. The molecule has 0 saturated heterocycles. The first-order chi connectivity index (χ1) is 7.29. The van der Waals surface area contributed by atoms with Crippen molar-refractivity contribution in [2.24, 2.45) is 11.7 Å². The first kappa shape index (κ1) is 10.4. The molecule has 1 saturated carbocycles. The van der Waals surface area contributed by atoms with E-state index < -0.39 is 0 Å². The minimum absolute atomic E-state index is 0.298. The van der Waals surface area contributed by atoms with E-state index in [4.69, 9.17) is 10.2 Å². The summed E-state index contributed by atoms with van der Waals surface area (Å²) in [5, 5.41) is 10.9. The Balaban J connectivity index is 1.89. The van der Waals surface area contributed by atoms with Crippen molar-refractivity contribution in [2.75, 3.05) is 5.32 Å². The molecule has 0 bridgehead atoms. The van der Waals surface area contributed by atoms with Crippen LogP contribution in [0.25, 0.3) is 0 Å². The fourth-order valence-electron chi connectivity index (χ4n) is 2.16. The molecule has 1 heterocycles. The minimum Gasteiger partial charge on any atom is -0.407 e. The Bertz CT molecular complexity index is 306. The Hall–Kier alpha value is -1.10. The predicted octanol–water partition coefficient (Wildman–Crippen LogP) is 1.52. The number of hydrogen-bond acceptors (Lipinski definition) is 5. The van der Waals surface area contributed by atoms with Crippen LogP contribution in [0.2, 0.25) is 0 Å². The zero-order valence-corrected chi connectivity index (χ0v) is 9.07. The van der Waals surface area contributed by atoms with Crippen molar-refractivity contribution in [1.82, 2.24) is 10.2 Å². The molecule has 3 N–H and O–H groups in total. The van der Waals surface area contributed by atoms with E-state index in [2.05, 4.69) is 22.4 Å². The third-order valence-corrected chi connectivity index (χ3v) is 3.10. The van der Waals surface area contributed by atoms with Gasteiger partial charge in [0.15, 0.2) is 0 Å². The lowest BCUT2D eigenvalue weighted by atomic mass is 10.0. The largest absolute Gasteiger partial charge is 0.407 e. The summed E-state index contributed by atoms with van der Waals surface area (Å²) in [6.07, 6.45) is 5.28. The van der Waals surface area contributed by atoms with Crippen molar-refractivity contribution < 1.29 is 4.42 Å². The van der Waals surface area contributed by atoms with Gasteiger partial charge in [0.25, 0.3) is 0 Å². The molecule has 1 fully saturated rings. The van der Waals surface area contributed by atoms with Gasteiger partial charge in [-0.05, 0) is 25.7 Å². The van der Waals surface area contributed by atoms with Gasteiger partial charge in [0, 0.05) is 6.04 Å². The fourth-order valence-corrected chi connectivity index (χ4v) is 2.16. The zero-order valence-electron chi connectivity index (χ0n) is 9.07. The molecule has 0 radical (unpaired) electrons. The Morgan fingerprint density at radius 2 is 2.20 bits per heavy atom. The molecule has 1 aromatic heterocycles. The van der Waals surface area contributed by atoms with Gasteiger partial charge < -0.3 is 15.5 Å². The molecule has 0 spiro atoms. The molecule has 0 aliphatic heterocycles. The van der Waals surface area contributed by atoms with Gasteiger partial charge in [0.1, 0.15) is 0 Å². The summed E-state index contributed by atoms with van der Waals surface area (Å²) in [7, 11) is 0. The molecule has 1 aromatic rings. The second kappa shape index (κ2) is 4.61. The maximum Gasteiger partial charge on any atom is 0.315 e. The van der Waals surface area contributed by atoms with Crippen LogP contribution < -0.4 is 11.1 Å². The summed E-state index contributed by atoms with van der Waals surface area (Å²) in [4.78, 5) is 0. The molecular formula is C10H18N4O. The maximum atomic E-state index is 5.39. The molecular weight excluding hydrogens is 192 g/mol. The molecule has 0 amide bonds. The third kappa shape index (κ3) is 2.47. The Morgan fingerprint density at radius 3 is 2.80 bits per heavy atom. The summed E-state index contributed by atoms with van der Waals surface area (Å²) in [6, 6.07) is 0.897. The zero-order chi connectivity index (χ0) is 10.7. The smallest absolute Gasteiger partial charge is 0.315 e. The monoisotopic (exact) mass is 210 g/mol. The summed E-state index contributed by atoms with van der Waals surface area (Å²) < 4.78 is 5.30. The lowest BCUT2D eigenvalue weighted by Crippen LogP contribution is -2.23. The van der Waals surface area contributed by atoms with Crippen LogP contribution in [0.5, 0.6) is 0 Å². The van der Waals surface area contributed by atoms with Gasteiger partial charge in [-0.3, -0.25) is 0 Å². The quantitative estimate of drug-likeness (QED) is 0.787. The molecule has 5 nitrogen and oxygen atoms in total. The van der Waals surface area contributed by atoms with Crippen LogP contribution in [0.1, 0.15) is 38.5 Å². The number of anilines is 1. The van der Waals surface area contributed by atoms with E-state index in [0.29, 0.717) is 24.5 Å². The van der Waals surface area contributed by atoms with E-state index >= 15 is 0 Å². The third-order valence-electron chi connectivity index (χ3n) is 3.10. The van der Waals surface area contributed by atoms with Gasteiger partial charge >= 0.3 is 6.01 Å². The van der Waals surface area contributed by atoms with E-state index in [-0.39, 0.29) is 0 Å². The van der Waals surface area contributed by atoms with Crippen LogP contribution in [-0.4, -0.2) is 16.2 Å². The van der Waals surface area contributed by atoms with Crippen molar-refractivity contribution in [3.63, 3.8) is 0 Å². The Morgan fingerprint density at radius 1 is 1.47 bits per heavy atom. The van der Waals surface area contributed by atoms with E-state index in [1.807, 2.05) is 0 Å². The average Bonchev–Trinajstić information content (AvgIpc) is 2.87. The van der Waals surface area contributed by atoms with E-state index in [1.165, 1.54) is 25.7 Å². The number of nitrogens with zero attached hydrogens (tertiary/aromatic N) is 2. The second-order valence-corrected chi connectivity index (χ2v) is 4.18. The highest BCUT2D eigenvalue weighted by Gasteiger charge is 2.22. The van der Waals surface area contributed by atoms with Crippen molar-refractivity contribution >= 4 is 6.01 Å². The number of rotatable bonds is 4. The second-order valence-electron chi connectivity index (χ2n) is 4.18. The Kier molecular flexibility index (Phi) is 3.20. The average molecular weight is 210 g/mol. The molecule has 84 valence electrons. The van der Waals surface area contributed by atoms with Crippen LogP contribution in [0.4, 0.5) is 6.01 Å². The van der Waals surface area contributed by atoms with Gasteiger partial charge in [-0.2, -0.15) is 0 Å².